The van der Waals surface area contributed by atoms with Gasteiger partial charge in [-0.15, -0.1) is 11.3 Å². The molecule has 6 heteroatoms. The molecular formula is C20H18ClN2OS2+. The molecule has 1 aromatic carbocycles. The number of thiophene rings is 1. The van der Waals surface area contributed by atoms with Gasteiger partial charge in [0.2, 0.25) is 5.78 Å². The molecule has 26 heavy (non-hydrogen) atoms. The molecule has 0 radical (unpaired) electrons. The number of thiocarbonyl (C=S) groups is 1. The summed E-state index contributed by atoms with van der Waals surface area (Å²) in [7, 11) is 0. The highest BCUT2D eigenvalue weighted by atomic mass is 35.5. The molecule has 0 unspecified atom stereocenters. The Labute approximate surface area is 167 Å². The Morgan fingerprint density at radius 3 is 2.62 bits per heavy atom. The molecule has 2 aromatic heterocycles. The predicted octanol–water partition coefficient (Wildman–Crippen LogP) is 4.54. The molecule has 132 valence electrons. The number of rotatable bonds is 6. The van der Waals surface area contributed by atoms with E-state index in [0.29, 0.717) is 20.7 Å². The molecule has 0 aliphatic heterocycles. The van der Waals surface area contributed by atoms with E-state index in [4.69, 9.17) is 23.8 Å². The third kappa shape index (κ3) is 4.55. The summed E-state index contributed by atoms with van der Waals surface area (Å²) in [6.07, 6.45) is 3.79. The lowest BCUT2D eigenvalue weighted by Crippen LogP contribution is -2.51. The fourth-order valence-electron chi connectivity index (χ4n) is 2.63. The van der Waals surface area contributed by atoms with Crippen LogP contribution < -0.4 is 9.88 Å². The van der Waals surface area contributed by atoms with Crippen molar-refractivity contribution in [2.75, 3.05) is 0 Å². The van der Waals surface area contributed by atoms with Crippen molar-refractivity contribution in [3.8, 4) is 0 Å². The minimum atomic E-state index is -0.608. The van der Waals surface area contributed by atoms with Crippen LogP contribution in [0.15, 0.2) is 67.0 Å². The van der Waals surface area contributed by atoms with Gasteiger partial charge in [-0.3, -0.25) is 4.79 Å². The summed E-state index contributed by atoms with van der Waals surface area (Å²) in [4.78, 5) is 14.2. The second-order valence-electron chi connectivity index (χ2n) is 5.90. The van der Waals surface area contributed by atoms with Crippen molar-refractivity contribution in [3.63, 3.8) is 0 Å². The van der Waals surface area contributed by atoms with Gasteiger partial charge in [0.1, 0.15) is 0 Å². The van der Waals surface area contributed by atoms with E-state index >= 15 is 0 Å². The third-order valence-electron chi connectivity index (χ3n) is 3.89. The minimum absolute atomic E-state index is 0.0666. The van der Waals surface area contributed by atoms with Gasteiger partial charge < -0.3 is 5.32 Å². The van der Waals surface area contributed by atoms with Crippen molar-refractivity contribution >= 4 is 45.9 Å². The molecule has 1 atom stereocenters. The monoisotopic (exact) mass is 401 g/mol. The maximum atomic E-state index is 13.1. The first-order valence-electron chi connectivity index (χ1n) is 8.13. The summed E-state index contributed by atoms with van der Waals surface area (Å²) < 4.78 is 2.44. The second-order valence-corrected chi connectivity index (χ2v) is 8.06. The number of aryl methyl sites for hydroxylation is 1. The maximum Gasteiger partial charge on any atom is 0.271 e. The molecule has 0 aliphatic carbocycles. The third-order valence-corrected chi connectivity index (χ3v) is 5.50. The topological polar surface area (TPSA) is 33.0 Å². The highest BCUT2D eigenvalue weighted by molar-refractivity contribution is 7.80. The Bertz CT molecular complexity index is 924. The highest BCUT2D eigenvalue weighted by Crippen LogP contribution is 2.24. The molecule has 3 aromatic rings. The van der Waals surface area contributed by atoms with Crippen LogP contribution >= 0.6 is 35.2 Å². The number of ketones is 1. The van der Waals surface area contributed by atoms with E-state index in [1.54, 1.807) is 12.1 Å². The van der Waals surface area contributed by atoms with Gasteiger partial charge in [0.25, 0.3) is 6.04 Å². The lowest BCUT2D eigenvalue weighted by molar-refractivity contribution is -0.692. The lowest BCUT2D eigenvalue weighted by Gasteiger charge is -2.14. The predicted molar refractivity (Wildman–Crippen MR) is 110 cm³/mol. The normalized spacial score (nSPS) is 11.8. The van der Waals surface area contributed by atoms with E-state index in [9.17, 15) is 4.79 Å². The summed E-state index contributed by atoms with van der Waals surface area (Å²) in [5.74, 6) is -0.0666. The minimum Gasteiger partial charge on any atom is -0.370 e. The number of hydrogen-bond donors (Lipinski definition) is 1. The van der Waals surface area contributed by atoms with Crippen LogP contribution in [-0.2, 0) is 6.54 Å². The molecule has 0 saturated carbocycles. The first-order chi connectivity index (χ1) is 12.5. The number of nitrogens with zero attached hydrogens (tertiary/aromatic N) is 1. The zero-order chi connectivity index (χ0) is 18.5. The number of carbonyl (C=O) groups excluding carboxylic acids is 1. The summed E-state index contributed by atoms with van der Waals surface area (Å²) in [6.45, 7) is 2.56. The molecule has 0 fully saturated rings. The molecule has 2 heterocycles. The fraction of sp³-hybridized carbons (Fsp3) is 0.150. The van der Waals surface area contributed by atoms with Crippen LogP contribution in [0.1, 0.15) is 26.8 Å². The van der Waals surface area contributed by atoms with Crippen LogP contribution in [0.4, 0.5) is 0 Å². The molecule has 3 rings (SSSR count). The van der Waals surface area contributed by atoms with E-state index in [1.807, 2.05) is 66.3 Å². The van der Waals surface area contributed by atoms with E-state index in [1.165, 1.54) is 11.3 Å². The Hall–Kier alpha value is -2.08. The number of hydrogen-bond acceptors (Lipinski definition) is 3. The number of carbonyl (C=O) groups is 1. The number of nitrogens with one attached hydrogen (secondary N) is 1. The first-order valence-corrected chi connectivity index (χ1v) is 9.73. The standard InChI is InChI=1S/C20H17ClN2OS2/c1-14-6-5-11-23(13-14)18(19(24)16-9-10-17(21)26-16)20(25)22-12-15-7-3-2-4-8-15/h2-11,13,18H,12H2,1H3/p+1/t18-/m1/s1. The maximum absolute atomic E-state index is 13.1. The number of pyridine rings is 1. The van der Waals surface area contributed by atoms with Gasteiger partial charge in [-0.2, -0.15) is 4.57 Å². The van der Waals surface area contributed by atoms with Crippen molar-refractivity contribution in [2.45, 2.75) is 19.5 Å². The van der Waals surface area contributed by atoms with Crippen LogP contribution in [-0.4, -0.2) is 10.8 Å². The molecule has 0 bridgehead atoms. The average Bonchev–Trinajstić information content (AvgIpc) is 3.07. The van der Waals surface area contributed by atoms with Crippen molar-refractivity contribution in [2.24, 2.45) is 0 Å². The van der Waals surface area contributed by atoms with Gasteiger partial charge in [0.15, 0.2) is 17.4 Å². The van der Waals surface area contributed by atoms with Crippen molar-refractivity contribution in [3.05, 3.63) is 87.3 Å². The Kier molecular flexibility index (Phi) is 6.14. The van der Waals surface area contributed by atoms with Crippen LogP contribution in [0.5, 0.6) is 0 Å². The molecule has 1 N–H and O–H groups in total. The summed E-state index contributed by atoms with van der Waals surface area (Å²) >= 11 is 12.9. The van der Waals surface area contributed by atoms with Crippen molar-refractivity contribution in [1.82, 2.24) is 5.32 Å². The fourth-order valence-corrected chi connectivity index (χ4v) is 3.94. The molecule has 0 amide bonds. The second kappa shape index (κ2) is 8.54. The van der Waals surface area contributed by atoms with Crippen LogP contribution in [0.2, 0.25) is 4.34 Å². The number of benzene rings is 1. The zero-order valence-electron chi connectivity index (χ0n) is 14.2. The molecule has 0 saturated heterocycles. The van der Waals surface area contributed by atoms with Crippen LogP contribution in [0, 0.1) is 6.92 Å². The Morgan fingerprint density at radius 1 is 1.19 bits per heavy atom. The van der Waals surface area contributed by atoms with E-state index in [0.717, 1.165) is 11.1 Å². The quantitative estimate of drug-likeness (QED) is 0.374. The van der Waals surface area contributed by atoms with Crippen LogP contribution in [0.3, 0.4) is 0 Å². The molecular weight excluding hydrogens is 384 g/mol. The van der Waals surface area contributed by atoms with Crippen LogP contribution in [0.25, 0.3) is 0 Å². The van der Waals surface area contributed by atoms with E-state index < -0.39 is 6.04 Å². The lowest BCUT2D eigenvalue weighted by atomic mass is 10.1. The number of halogens is 1. The Morgan fingerprint density at radius 2 is 1.96 bits per heavy atom. The Balaban J connectivity index is 1.87. The van der Waals surface area contributed by atoms with Crippen molar-refractivity contribution in [1.29, 1.82) is 0 Å². The molecule has 3 nitrogen and oxygen atoms in total. The van der Waals surface area contributed by atoms with Gasteiger partial charge in [0.05, 0.1) is 9.21 Å². The average molecular weight is 402 g/mol. The van der Waals surface area contributed by atoms with E-state index in [-0.39, 0.29) is 5.78 Å². The molecule has 0 spiro atoms. The summed E-state index contributed by atoms with van der Waals surface area (Å²) in [5.41, 5.74) is 2.16. The summed E-state index contributed by atoms with van der Waals surface area (Å²) in [5, 5.41) is 3.24. The van der Waals surface area contributed by atoms with Gasteiger partial charge in [-0.1, -0.05) is 54.2 Å². The molecule has 0 aliphatic rings. The van der Waals surface area contributed by atoms with Gasteiger partial charge in [-0.25, -0.2) is 0 Å². The van der Waals surface area contributed by atoms with Crippen molar-refractivity contribution < 1.29 is 9.36 Å². The number of aromatic nitrogens is 1. The smallest absolute Gasteiger partial charge is 0.271 e. The summed E-state index contributed by atoms with van der Waals surface area (Å²) in [6, 6.07) is 16.7. The first kappa shape index (κ1) is 18.7. The SMILES string of the molecule is Cc1ccc[n+]([C@H](C(=O)c2ccc(Cl)s2)C(=S)NCc2ccccc2)c1. The largest absolute Gasteiger partial charge is 0.370 e. The number of Topliss-reactive ketones (excluding diaryl/α,β-unsaturated/α-hetero) is 1. The highest BCUT2D eigenvalue weighted by Gasteiger charge is 2.34. The van der Waals surface area contributed by atoms with Gasteiger partial charge in [-0.05, 0) is 30.7 Å². The van der Waals surface area contributed by atoms with Gasteiger partial charge in [0, 0.05) is 18.2 Å². The van der Waals surface area contributed by atoms with E-state index in [2.05, 4.69) is 5.32 Å². The zero-order valence-corrected chi connectivity index (χ0v) is 16.6. The van der Waals surface area contributed by atoms with Gasteiger partial charge >= 0.3 is 0 Å².